The van der Waals surface area contributed by atoms with Crippen LogP contribution in [0.2, 0.25) is 0 Å². The molecule has 5 aromatic rings. The predicted molar refractivity (Wildman–Crippen MR) is 232 cm³/mol. The molecule has 0 spiro atoms. The van der Waals surface area contributed by atoms with Crippen LogP contribution < -0.4 is 30.2 Å². The van der Waals surface area contributed by atoms with Crippen molar-refractivity contribution in [1.29, 1.82) is 0 Å². The van der Waals surface area contributed by atoms with Gasteiger partial charge in [-0.05, 0) is 78.6 Å². The third kappa shape index (κ3) is 10.2. The summed E-state index contributed by atoms with van der Waals surface area (Å²) in [7, 11) is 4.44. The molecular formula is C45H44N4O9S2. The van der Waals surface area contributed by atoms with E-state index in [1.165, 1.54) is 57.4 Å². The maximum Gasteiger partial charge on any atom is 0.341 e. The molecule has 0 radical (unpaired) electrons. The number of hydrogen-bond acceptors (Lipinski definition) is 11. The maximum absolute atomic E-state index is 14.3. The Morgan fingerprint density at radius 2 is 1.53 bits per heavy atom. The quantitative estimate of drug-likeness (QED) is 0.0540. The summed E-state index contributed by atoms with van der Waals surface area (Å²) in [6, 6.07) is 28.0. The highest BCUT2D eigenvalue weighted by molar-refractivity contribution is 8.00. The molecule has 1 atom stereocenters. The Kier molecular flexibility index (Phi) is 14.3. The third-order valence-corrected chi connectivity index (χ3v) is 11.8. The number of carbonyl (C=O) groups is 5. The van der Waals surface area contributed by atoms with E-state index in [0.29, 0.717) is 74.6 Å². The molecule has 15 heteroatoms. The van der Waals surface area contributed by atoms with Gasteiger partial charge in [0.05, 0.1) is 40.0 Å². The van der Waals surface area contributed by atoms with Crippen LogP contribution in [0.1, 0.15) is 61.4 Å². The molecule has 6 rings (SSSR count). The number of thiophene rings is 1. The van der Waals surface area contributed by atoms with Gasteiger partial charge in [0.1, 0.15) is 15.9 Å². The second kappa shape index (κ2) is 19.9. The molecule has 13 nitrogen and oxygen atoms in total. The highest BCUT2D eigenvalue weighted by Crippen LogP contribution is 2.42. The molecule has 4 aromatic carbocycles. The number of ether oxygens (including phenoxy) is 4. The van der Waals surface area contributed by atoms with E-state index in [-0.39, 0.29) is 24.1 Å². The summed E-state index contributed by atoms with van der Waals surface area (Å²) in [4.78, 5) is 70.4. The molecule has 0 saturated carbocycles. The zero-order valence-corrected chi connectivity index (χ0v) is 35.3. The molecule has 0 bridgehead atoms. The Balaban J connectivity index is 1.29. The lowest BCUT2D eigenvalue weighted by molar-refractivity contribution is -0.129. The van der Waals surface area contributed by atoms with Crippen molar-refractivity contribution in [3.8, 4) is 17.2 Å². The molecule has 0 fully saturated rings. The number of anilines is 2. The first-order valence-corrected chi connectivity index (χ1v) is 20.6. The van der Waals surface area contributed by atoms with Crippen LogP contribution in [-0.2, 0) is 32.1 Å². The van der Waals surface area contributed by atoms with E-state index in [0.717, 1.165) is 10.4 Å². The van der Waals surface area contributed by atoms with Crippen LogP contribution in [0.25, 0.3) is 6.08 Å². The van der Waals surface area contributed by atoms with E-state index in [4.69, 9.17) is 18.9 Å². The van der Waals surface area contributed by atoms with Crippen molar-refractivity contribution in [2.75, 3.05) is 45.1 Å². The lowest BCUT2D eigenvalue weighted by atomic mass is 10.0. The molecule has 1 aliphatic heterocycles. The fraction of sp³-hybridized carbons (Fsp3) is 0.222. The van der Waals surface area contributed by atoms with Crippen molar-refractivity contribution in [2.24, 2.45) is 0 Å². The minimum absolute atomic E-state index is 0.0693. The first-order chi connectivity index (χ1) is 29.0. The van der Waals surface area contributed by atoms with Crippen LogP contribution >= 0.6 is 23.1 Å². The van der Waals surface area contributed by atoms with Crippen molar-refractivity contribution in [3.63, 3.8) is 0 Å². The molecule has 2 heterocycles. The normalized spacial score (nSPS) is 12.7. The third-order valence-electron chi connectivity index (χ3n) is 9.43. The van der Waals surface area contributed by atoms with Gasteiger partial charge in [-0.1, -0.05) is 54.6 Å². The number of amides is 4. The number of nitrogens with one attached hydrogen (secondary N) is 3. The largest absolute Gasteiger partial charge is 0.493 e. The minimum Gasteiger partial charge on any atom is -0.493 e. The molecular weight excluding hydrogens is 805 g/mol. The second-order valence-electron chi connectivity index (χ2n) is 13.3. The monoisotopic (exact) mass is 848 g/mol. The summed E-state index contributed by atoms with van der Waals surface area (Å²) < 4.78 is 21.9. The van der Waals surface area contributed by atoms with E-state index in [1.807, 2.05) is 36.4 Å². The Morgan fingerprint density at radius 3 is 2.17 bits per heavy atom. The van der Waals surface area contributed by atoms with Crippen LogP contribution in [0.15, 0.2) is 108 Å². The lowest BCUT2D eigenvalue weighted by Gasteiger charge is -2.25. The van der Waals surface area contributed by atoms with Gasteiger partial charge in [-0.25, -0.2) is 4.79 Å². The molecule has 4 amide bonds. The van der Waals surface area contributed by atoms with Crippen molar-refractivity contribution in [3.05, 3.63) is 135 Å². The van der Waals surface area contributed by atoms with Gasteiger partial charge in [0, 0.05) is 34.5 Å². The Labute approximate surface area is 356 Å². The van der Waals surface area contributed by atoms with E-state index >= 15 is 0 Å². The van der Waals surface area contributed by atoms with Gasteiger partial charge >= 0.3 is 5.97 Å². The van der Waals surface area contributed by atoms with Crippen molar-refractivity contribution >= 4 is 69.5 Å². The van der Waals surface area contributed by atoms with Crippen molar-refractivity contribution < 1.29 is 42.9 Å². The topological polar surface area (TPSA) is 162 Å². The van der Waals surface area contributed by atoms with Crippen molar-refractivity contribution in [1.82, 2.24) is 10.2 Å². The van der Waals surface area contributed by atoms with Crippen LogP contribution in [0.5, 0.6) is 17.2 Å². The Hall–Kier alpha value is -6.58. The van der Waals surface area contributed by atoms with Gasteiger partial charge < -0.3 is 39.8 Å². The molecule has 3 N–H and O–H groups in total. The fourth-order valence-electron chi connectivity index (χ4n) is 6.53. The van der Waals surface area contributed by atoms with Gasteiger partial charge in [-0.3, -0.25) is 19.2 Å². The standard InChI is InChI=1S/C45H44N4O9S2/c1-6-58-45(54)38-33-20-21-49(27(2)50)26-37(33)60-44(38)48-43(53)40(29-14-9-7-10-15-29)59-32-19-13-18-31(25-32)46-42(52)34(47-41(51)30-16-11-8-12-17-30)22-28-23-35(55-3)39(57-5)36(24-28)56-4/h7-19,22-25,40H,6,20-21,26H2,1-5H3,(H,46,52)(H,47,51)(H,48,53)/b34-22+. The molecule has 0 aliphatic carbocycles. The van der Waals surface area contributed by atoms with E-state index in [9.17, 15) is 24.0 Å². The maximum atomic E-state index is 14.3. The molecule has 1 aliphatic rings. The Bertz CT molecular complexity index is 2390. The summed E-state index contributed by atoms with van der Waals surface area (Å²) >= 11 is 2.52. The van der Waals surface area contributed by atoms with Gasteiger partial charge in [0.25, 0.3) is 11.8 Å². The average molecular weight is 849 g/mol. The summed E-state index contributed by atoms with van der Waals surface area (Å²) in [5, 5.41) is 8.23. The van der Waals surface area contributed by atoms with Crippen molar-refractivity contribution in [2.45, 2.75) is 37.0 Å². The molecule has 60 heavy (non-hydrogen) atoms. The predicted octanol–water partition coefficient (Wildman–Crippen LogP) is 7.74. The van der Waals surface area contributed by atoms with Gasteiger partial charge in [-0.2, -0.15) is 0 Å². The fourth-order valence-corrected chi connectivity index (χ4v) is 8.87. The number of fused-ring (bicyclic) bond motifs is 1. The van der Waals surface area contributed by atoms with E-state index < -0.39 is 23.0 Å². The van der Waals surface area contributed by atoms with Gasteiger partial charge in [-0.15, -0.1) is 23.1 Å². The summed E-state index contributed by atoms with van der Waals surface area (Å²) in [5.74, 6) is -1.03. The zero-order valence-electron chi connectivity index (χ0n) is 33.7. The van der Waals surface area contributed by atoms with Gasteiger partial charge in [0.2, 0.25) is 17.6 Å². The molecule has 1 unspecified atom stereocenters. The number of benzene rings is 4. The molecule has 310 valence electrons. The second-order valence-corrected chi connectivity index (χ2v) is 15.6. The number of nitrogens with zero attached hydrogens (tertiary/aromatic N) is 1. The molecule has 0 saturated heterocycles. The molecule has 1 aromatic heterocycles. The first-order valence-electron chi connectivity index (χ1n) is 18.9. The lowest BCUT2D eigenvalue weighted by Crippen LogP contribution is -2.34. The number of carbonyl (C=O) groups excluding carboxylic acids is 5. The van der Waals surface area contributed by atoms with Crippen LogP contribution in [-0.4, -0.2) is 69.0 Å². The van der Waals surface area contributed by atoms with Crippen LogP contribution in [0.4, 0.5) is 10.7 Å². The number of hydrogen-bond donors (Lipinski definition) is 3. The summed E-state index contributed by atoms with van der Waals surface area (Å²) in [6.45, 7) is 4.18. The Morgan fingerprint density at radius 1 is 0.850 bits per heavy atom. The van der Waals surface area contributed by atoms with E-state index in [1.54, 1.807) is 72.5 Å². The first kappa shape index (κ1) is 43.0. The van der Waals surface area contributed by atoms with Gasteiger partial charge in [0.15, 0.2) is 11.5 Å². The zero-order chi connectivity index (χ0) is 42.8. The summed E-state index contributed by atoms with van der Waals surface area (Å²) in [5.41, 5.74) is 2.95. The highest BCUT2D eigenvalue weighted by atomic mass is 32.2. The average Bonchev–Trinajstić information content (AvgIpc) is 3.62. The minimum atomic E-state index is -0.791. The number of rotatable bonds is 15. The number of esters is 1. The highest BCUT2D eigenvalue weighted by Gasteiger charge is 2.32. The van der Waals surface area contributed by atoms with Crippen LogP contribution in [0.3, 0.4) is 0 Å². The SMILES string of the molecule is CCOC(=O)c1c(NC(=O)C(Sc2cccc(NC(=O)/C(=C\c3cc(OC)c(OC)c(OC)c3)NC(=O)c3ccccc3)c2)c2ccccc2)sc2c1CCN(C(C)=O)C2. The van der Waals surface area contributed by atoms with Crippen LogP contribution in [0, 0.1) is 0 Å². The van der Waals surface area contributed by atoms with E-state index in [2.05, 4.69) is 16.0 Å². The summed E-state index contributed by atoms with van der Waals surface area (Å²) in [6.07, 6.45) is 1.96. The smallest absolute Gasteiger partial charge is 0.341 e. The number of methoxy groups -OCH3 is 3. The number of thioether (sulfide) groups is 1.